The Morgan fingerprint density at radius 2 is 2.30 bits per heavy atom. The third-order valence-corrected chi connectivity index (χ3v) is 4.67. The highest BCUT2D eigenvalue weighted by molar-refractivity contribution is 9.10. The number of benzene rings is 1. The van der Waals surface area contributed by atoms with Crippen LogP contribution in [0, 0.1) is 5.92 Å². The predicted octanol–water partition coefficient (Wildman–Crippen LogP) is 3.92. The van der Waals surface area contributed by atoms with Crippen molar-refractivity contribution in [3.63, 3.8) is 0 Å². The summed E-state index contributed by atoms with van der Waals surface area (Å²) in [5.41, 5.74) is 2.36. The zero-order valence-electron chi connectivity index (χ0n) is 12.2. The second-order valence-electron chi connectivity index (χ2n) is 6.02. The molecule has 1 atom stereocenters. The summed E-state index contributed by atoms with van der Waals surface area (Å²) in [7, 11) is 0. The summed E-state index contributed by atoms with van der Waals surface area (Å²) >= 11 is 3.54. The smallest absolute Gasteiger partial charge is 0.110 e. The Bertz CT molecular complexity index is 597. The van der Waals surface area contributed by atoms with Crippen molar-refractivity contribution in [3.8, 4) is 0 Å². The van der Waals surface area contributed by atoms with E-state index in [1.165, 1.54) is 37.3 Å². The first kappa shape index (κ1) is 14.1. The Morgan fingerprint density at radius 3 is 3.00 bits per heavy atom. The average Bonchev–Trinajstić information content (AvgIpc) is 3.02. The molecule has 1 N–H and O–H groups in total. The molecule has 1 aliphatic heterocycles. The minimum absolute atomic E-state index is 0.456. The van der Waals surface area contributed by atoms with Gasteiger partial charge in [0.15, 0.2) is 0 Å². The van der Waals surface area contributed by atoms with E-state index >= 15 is 0 Å². The molecular formula is C16H22BrN3. The maximum Gasteiger partial charge on any atom is 0.110 e. The number of fused-ring (bicyclic) bond motifs is 1. The normalized spacial score (nSPS) is 19.3. The van der Waals surface area contributed by atoms with Crippen molar-refractivity contribution in [3.05, 3.63) is 28.5 Å². The third kappa shape index (κ3) is 2.77. The van der Waals surface area contributed by atoms with Crippen molar-refractivity contribution >= 4 is 27.0 Å². The fraction of sp³-hybridized carbons (Fsp3) is 0.562. The van der Waals surface area contributed by atoms with Crippen LogP contribution >= 0.6 is 15.9 Å². The van der Waals surface area contributed by atoms with Gasteiger partial charge >= 0.3 is 0 Å². The minimum atomic E-state index is 0.456. The lowest BCUT2D eigenvalue weighted by atomic mass is 10.0. The summed E-state index contributed by atoms with van der Waals surface area (Å²) in [5, 5.41) is 3.45. The highest BCUT2D eigenvalue weighted by atomic mass is 79.9. The molecule has 108 valence electrons. The highest BCUT2D eigenvalue weighted by Crippen LogP contribution is 2.26. The molecule has 1 fully saturated rings. The predicted molar refractivity (Wildman–Crippen MR) is 87.1 cm³/mol. The zero-order valence-corrected chi connectivity index (χ0v) is 13.8. The summed E-state index contributed by atoms with van der Waals surface area (Å²) in [4.78, 5) is 4.87. The standard InChI is InChI=1S/C16H22BrN3/c1-11(2)20-15-5-4-13(17)9-14(15)19-16(20)6-3-12-7-8-18-10-12/h4-5,9,11-12,18H,3,6-8,10H2,1-2H3. The first-order valence-electron chi connectivity index (χ1n) is 7.52. The van der Waals surface area contributed by atoms with Gasteiger partial charge in [-0.25, -0.2) is 4.98 Å². The molecule has 1 unspecified atom stereocenters. The number of nitrogens with one attached hydrogen (secondary N) is 1. The highest BCUT2D eigenvalue weighted by Gasteiger charge is 2.18. The summed E-state index contributed by atoms with van der Waals surface area (Å²) in [6, 6.07) is 6.85. The second kappa shape index (κ2) is 5.86. The molecule has 0 amide bonds. The van der Waals surface area contributed by atoms with Crippen molar-refractivity contribution in [2.75, 3.05) is 13.1 Å². The fourth-order valence-corrected chi connectivity index (χ4v) is 3.52. The number of halogens is 1. The number of aromatic nitrogens is 2. The second-order valence-corrected chi connectivity index (χ2v) is 6.94. The molecule has 1 saturated heterocycles. The van der Waals surface area contributed by atoms with Gasteiger partial charge in [-0.3, -0.25) is 0 Å². The van der Waals surface area contributed by atoms with Gasteiger partial charge in [0.25, 0.3) is 0 Å². The van der Waals surface area contributed by atoms with Crippen LogP contribution in [0.15, 0.2) is 22.7 Å². The number of nitrogens with zero attached hydrogens (tertiary/aromatic N) is 2. The molecule has 0 spiro atoms. The first-order chi connectivity index (χ1) is 9.65. The lowest BCUT2D eigenvalue weighted by Gasteiger charge is -2.14. The molecule has 20 heavy (non-hydrogen) atoms. The summed E-state index contributed by atoms with van der Waals surface area (Å²) in [5.74, 6) is 2.06. The van der Waals surface area contributed by atoms with Crippen LogP contribution in [-0.2, 0) is 6.42 Å². The third-order valence-electron chi connectivity index (χ3n) is 4.18. The molecule has 2 heterocycles. The van der Waals surface area contributed by atoms with Gasteiger partial charge in [-0.15, -0.1) is 0 Å². The largest absolute Gasteiger partial charge is 0.325 e. The van der Waals surface area contributed by atoms with Crippen molar-refractivity contribution in [2.45, 2.75) is 39.2 Å². The Balaban J connectivity index is 1.89. The molecule has 0 radical (unpaired) electrons. The molecular weight excluding hydrogens is 314 g/mol. The van der Waals surface area contributed by atoms with E-state index < -0.39 is 0 Å². The van der Waals surface area contributed by atoms with Crippen LogP contribution in [0.25, 0.3) is 11.0 Å². The zero-order chi connectivity index (χ0) is 14.1. The van der Waals surface area contributed by atoms with Gasteiger partial charge < -0.3 is 9.88 Å². The van der Waals surface area contributed by atoms with Gasteiger partial charge in [-0.05, 0) is 63.9 Å². The van der Waals surface area contributed by atoms with E-state index in [9.17, 15) is 0 Å². The number of rotatable bonds is 4. The Morgan fingerprint density at radius 1 is 1.45 bits per heavy atom. The van der Waals surface area contributed by atoms with Gasteiger partial charge in [0.1, 0.15) is 5.82 Å². The molecule has 1 aromatic carbocycles. The molecule has 1 aliphatic rings. The first-order valence-corrected chi connectivity index (χ1v) is 8.31. The average molecular weight is 336 g/mol. The van der Waals surface area contributed by atoms with E-state index in [0.29, 0.717) is 6.04 Å². The summed E-state index contributed by atoms with van der Waals surface area (Å²) < 4.78 is 3.49. The molecule has 0 bridgehead atoms. The van der Waals surface area contributed by atoms with Gasteiger partial charge in [0.05, 0.1) is 11.0 Å². The van der Waals surface area contributed by atoms with E-state index in [4.69, 9.17) is 4.98 Å². The van der Waals surface area contributed by atoms with Crippen LogP contribution in [0.2, 0.25) is 0 Å². The van der Waals surface area contributed by atoms with Crippen molar-refractivity contribution in [1.29, 1.82) is 0 Å². The van der Waals surface area contributed by atoms with Gasteiger partial charge in [0, 0.05) is 16.9 Å². The summed E-state index contributed by atoms with van der Waals surface area (Å²) in [6.07, 6.45) is 3.63. The molecule has 0 aliphatic carbocycles. The van der Waals surface area contributed by atoms with Gasteiger partial charge in [-0.1, -0.05) is 15.9 Å². The molecule has 3 nitrogen and oxygen atoms in total. The van der Waals surface area contributed by atoms with E-state index in [1.807, 2.05) is 0 Å². The molecule has 4 heteroatoms. The Hall–Kier alpha value is -0.870. The van der Waals surface area contributed by atoms with Crippen LogP contribution in [0.5, 0.6) is 0 Å². The lowest BCUT2D eigenvalue weighted by Crippen LogP contribution is -2.12. The van der Waals surface area contributed by atoms with Gasteiger partial charge in [0.2, 0.25) is 0 Å². The van der Waals surface area contributed by atoms with E-state index in [0.717, 1.165) is 22.3 Å². The number of hydrogen-bond acceptors (Lipinski definition) is 2. The summed E-state index contributed by atoms with van der Waals surface area (Å²) in [6.45, 7) is 6.83. The molecule has 2 aromatic rings. The van der Waals surface area contributed by atoms with Crippen LogP contribution in [-0.4, -0.2) is 22.6 Å². The molecule has 0 saturated carbocycles. The molecule has 1 aromatic heterocycles. The quantitative estimate of drug-likeness (QED) is 0.917. The van der Waals surface area contributed by atoms with Crippen molar-refractivity contribution in [2.24, 2.45) is 5.92 Å². The van der Waals surface area contributed by atoms with Crippen molar-refractivity contribution < 1.29 is 0 Å². The number of aryl methyl sites for hydroxylation is 1. The van der Waals surface area contributed by atoms with Crippen LogP contribution in [0.4, 0.5) is 0 Å². The Labute approximate surface area is 128 Å². The van der Waals surface area contributed by atoms with Crippen LogP contribution in [0.3, 0.4) is 0 Å². The number of hydrogen-bond donors (Lipinski definition) is 1. The maximum atomic E-state index is 4.87. The van der Waals surface area contributed by atoms with E-state index in [1.54, 1.807) is 0 Å². The molecule has 3 rings (SSSR count). The van der Waals surface area contributed by atoms with E-state index in [-0.39, 0.29) is 0 Å². The van der Waals surface area contributed by atoms with Crippen LogP contribution < -0.4 is 5.32 Å². The van der Waals surface area contributed by atoms with Gasteiger partial charge in [-0.2, -0.15) is 0 Å². The maximum absolute atomic E-state index is 4.87. The SMILES string of the molecule is CC(C)n1c(CCC2CCNC2)nc2cc(Br)ccc21. The topological polar surface area (TPSA) is 29.9 Å². The number of imidazole rings is 1. The lowest BCUT2D eigenvalue weighted by molar-refractivity contribution is 0.502. The van der Waals surface area contributed by atoms with Crippen LogP contribution in [0.1, 0.15) is 38.6 Å². The van der Waals surface area contributed by atoms with E-state index in [2.05, 4.69) is 57.9 Å². The monoisotopic (exact) mass is 335 g/mol. The Kier molecular flexibility index (Phi) is 4.13. The fourth-order valence-electron chi connectivity index (χ4n) is 3.17. The minimum Gasteiger partial charge on any atom is -0.325 e. The van der Waals surface area contributed by atoms with Crippen molar-refractivity contribution in [1.82, 2.24) is 14.9 Å².